The van der Waals surface area contributed by atoms with E-state index in [1.807, 2.05) is 35.2 Å². The number of rotatable bonds is 6. The van der Waals surface area contributed by atoms with Crippen molar-refractivity contribution in [2.75, 3.05) is 39.8 Å². The molecule has 0 unspecified atom stereocenters. The molecule has 1 aliphatic rings. The summed E-state index contributed by atoms with van der Waals surface area (Å²) in [5, 5.41) is 0.620. The zero-order valence-electron chi connectivity index (χ0n) is 15.8. The molecule has 27 heavy (non-hydrogen) atoms. The average molecular weight is 389 g/mol. The van der Waals surface area contributed by atoms with Crippen LogP contribution in [0.15, 0.2) is 42.5 Å². The zero-order chi connectivity index (χ0) is 19.2. The molecule has 1 saturated heterocycles. The molecule has 5 nitrogen and oxygen atoms in total. The maximum absolute atomic E-state index is 12.9. The van der Waals surface area contributed by atoms with Crippen LogP contribution in [0.1, 0.15) is 22.8 Å². The third-order valence-corrected chi connectivity index (χ3v) is 5.06. The van der Waals surface area contributed by atoms with Crippen LogP contribution in [-0.4, -0.2) is 55.5 Å². The van der Waals surface area contributed by atoms with Gasteiger partial charge in [0.1, 0.15) is 18.1 Å². The molecule has 0 saturated carbocycles. The van der Waals surface area contributed by atoms with Gasteiger partial charge in [0.25, 0.3) is 5.91 Å². The van der Waals surface area contributed by atoms with E-state index in [4.69, 9.17) is 21.1 Å². The first-order valence-corrected chi connectivity index (χ1v) is 9.55. The monoisotopic (exact) mass is 388 g/mol. The van der Waals surface area contributed by atoms with E-state index in [-0.39, 0.29) is 5.91 Å². The summed E-state index contributed by atoms with van der Waals surface area (Å²) in [5.74, 6) is 1.43. The molecule has 0 radical (unpaired) electrons. The van der Waals surface area contributed by atoms with Crippen LogP contribution in [-0.2, 0) is 6.61 Å². The number of halogens is 1. The Balaban J connectivity index is 1.72. The summed E-state index contributed by atoms with van der Waals surface area (Å²) in [4.78, 5) is 17.1. The van der Waals surface area contributed by atoms with Crippen molar-refractivity contribution in [1.82, 2.24) is 9.80 Å². The summed E-state index contributed by atoms with van der Waals surface area (Å²) < 4.78 is 11.3. The van der Waals surface area contributed by atoms with Crippen LogP contribution in [0.25, 0.3) is 0 Å². The number of hydrogen-bond acceptors (Lipinski definition) is 4. The molecule has 0 N–H and O–H groups in total. The Kier molecular flexibility index (Phi) is 6.58. The van der Waals surface area contributed by atoms with Gasteiger partial charge >= 0.3 is 0 Å². The predicted octanol–water partition coefficient (Wildman–Crippen LogP) is 3.71. The number of carbonyl (C=O) groups is 1. The number of methoxy groups -OCH3 is 1. The molecule has 1 heterocycles. The van der Waals surface area contributed by atoms with Crippen molar-refractivity contribution < 1.29 is 14.3 Å². The summed E-state index contributed by atoms with van der Waals surface area (Å²) in [6, 6.07) is 12.7. The van der Waals surface area contributed by atoms with Crippen LogP contribution >= 0.6 is 11.6 Å². The maximum atomic E-state index is 12.9. The average Bonchev–Trinajstić information content (AvgIpc) is 2.71. The van der Waals surface area contributed by atoms with Crippen LogP contribution in [0.5, 0.6) is 11.5 Å². The highest BCUT2D eigenvalue weighted by Crippen LogP contribution is 2.24. The number of piperazine rings is 1. The number of benzene rings is 2. The van der Waals surface area contributed by atoms with Gasteiger partial charge in [-0.25, -0.2) is 0 Å². The Morgan fingerprint density at radius 2 is 1.89 bits per heavy atom. The molecule has 0 aromatic heterocycles. The molecule has 1 fully saturated rings. The molecule has 6 heteroatoms. The van der Waals surface area contributed by atoms with E-state index in [0.29, 0.717) is 28.7 Å². The van der Waals surface area contributed by atoms with Crippen molar-refractivity contribution in [2.24, 2.45) is 0 Å². The minimum Gasteiger partial charge on any atom is -0.496 e. The topological polar surface area (TPSA) is 42.0 Å². The fourth-order valence-electron chi connectivity index (χ4n) is 3.19. The minimum atomic E-state index is 0.0532. The van der Waals surface area contributed by atoms with Crippen molar-refractivity contribution in [3.05, 3.63) is 58.6 Å². The second-order valence-electron chi connectivity index (χ2n) is 6.50. The number of likely N-dealkylation sites (N-methyl/N-ethyl adjacent to an activating group) is 1. The second kappa shape index (κ2) is 9.11. The standard InChI is InChI=1S/C21H25ClN2O3/c1-3-23-9-11-24(12-10-23)21(25)16-7-8-20(26-2)17(13-16)15-27-19-6-4-5-18(22)14-19/h4-8,13-14H,3,9-12,15H2,1-2H3. The summed E-state index contributed by atoms with van der Waals surface area (Å²) in [6.45, 7) is 6.82. The van der Waals surface area contributed by atoms with Crippen LogP contribution in [0, 0.1) is 0 Å². The SMILES string of the molecule is CCN1CCN(C(=O)c2ccc(OC)c(COc3cccc(Cl)c3)c2)CC1. The Morgan fingerprint density at radius 1 is 1.11 bits per heavy atom. The van der Waals surface area contributed by atoms with Crippen molar-refractivity contribution in [3.8, 4) is 11.5 Å². The van der Waals surface area contributed by atoms with Crippen LogP contribution in [0.4, 0.5) is 0 Å². The number of ether oxygens (including phenoxy) is 2. The zero-order valence-corrected chi connectivity index (χ0v) is 16.5. The van der Waals surface area contributed by atoms with E-state index in [1.54, 1.807) is 19.2 Å². The summed E-state index contributed by atoms with van der Waals surface area (Å²) in [6.07, 6.45) is 0. The lowest BCUT2D eigenvalue weighted by molar-refractivity contribution is 0.0643. The van der Waals surface area contributed by atoms with Crippen LogP contribution in [0.2, 0.25) is 5.02 Å². The Labute approximate surface area is 165 Å². The Morgan fingerprint density at radius 3 is 2.56 bits per heavy atom. The van der Waals surface area contributed by atoms with Gasteiger partial charge in [0, 0.05) is 42.3 Å². The molecule has 0 aliphatic carbocycles. The summed E-state index contributed by atoms with van der Waals surface area (Å²) in [5.41, 5.74) is 1.49. The normalized spacial score (nSPS) is 14.9. The van der Waals surface area contributed by atoms with E-state index in [2.05, 4.69) is 11.8 Å². The molecule has 1 aliphatic heterocycles. The molecular weight excluding hydrogens is 364 g/mol. The number of hydrogen-bond donors (Lipinski definition) is 0. The van der Waals surface area contributed by atoms with Gasteiger partial charge in [0.2, 0.25) is 0 Å². The van der Waals surface area contributed by atoms with E-state index in [0.717, 1.165) is 38.3 Å². The van der Waals surface area contributed by atoms with Crippen LogP contribution < -0.4 is 9.47 Å². The first-order chi connectivity index (χ1) is 13.1. The highest BCUT2D eigenvalue weighted by molar-refractivity contribution is 6.30. The second-order valence-corrected chi connectivity index (χ2v) is 6.94. The van der Waals surface area contributed by atoms with Gasteiger partial charge in [-0.2, -0.15) is 0 Å². The molecule has 0 spiro atoms. The molecular formula is C21H25ClN2O3. The van der Waals surface area contributed by atoms with Crippen LogP contribution in [0.3, 0.4) is 0 Å². The minimum absolute atomic E-state index is 0.0532. The molecule has 2 aromatic rings. The van der Waals surface area contributed by atoms with E-state index in [9.17, 15) is 4.79 Å². The first-order valence-electron chi connectivity index (χ1n) is 9.17. The molecule has 144 valence electrons. The lowest BCUT2D eigenvalue weighted by atomic mass is 10.1. The third-order valence-electron chi connectivity index (χ3n) is 4.82. The summed E-state index contributed by atoms with van der Waals surface area (Å²) >= 11 is 6.00. The Hall–Kier alpha value is -2.24. The smallest absolute Gasteiger partial charge is 0.253 e. The van der Waals surface area contributed by atoms with E-state index >= 15 is 0 Å². The van der Waals surface area contributed by atoms with Gasteiger partial charge in [-0.15, -0.1) is 0 Å². The quantitative estimate of drug-likeness (QED) is 0.756. The maximum Gasteiger partial charge on any atom is 0.253 e. The number of amides is 1. The van der Waals surface area contributed by atoms with Crippen molar-refractivity contribution in [2.45, 2.75) is 13.5 Å². The molecule has 0 bridgehead atoms. The van der Waals surface area contributed by atoms with Gasteiger partial charge in [0.05, 0.1) is 7.11 Å². The molecule has 1 amide bonds. The van der Waals surface area contributed by atoms with E-state index in [1.165, 1.54) is 0 Å². The van der Waals surface area contributed by atoms with Gasteiger partial charge < -0.3 is 19.3 Å². The highest BCUT2D eigenvalue weighted by Gasteiger charge is 2.22. The Bertz CT molecular complexity index is 789. The van der Waals surface area contributed by atoms with Crippen molar-refractivity contribution in [3.63, 3.8) is 0 Å². The lowest BCUT2D eigenvalue weighted by Gasteiger charge is -2.34. The largest absolute Gasteiger partial charge is 0.496 e. The fraction of sp³-hybridized carbons (Fsp3) is 0.381. The molecule has 0 atom stereocenters. The van der Waals surface area contributed by atoms with Gasteiger partial charge in [-0.3, -0.25) is 4.79 Å². The van der Waals surface area contributed by atoms with E-state index < -0.39 is 0 Å². The summed E-state index contributed by atoms with van der Waals surface area (Å²) in [7, 11) is 1.61. The molecule has 2 aromatic carbocycles. The first kappa shape index (κ1) is 19.5. The number of nitrogens with zero attached hydrogens (tertiary/aromatic N) is 2. The van der Waals surface area contributed by atoms with Crippen molar-refractivity contribution in [1.29, 1.82) is 0 Å². The number of carbonyl (C=O) groups excluding carboxylic acids is 1. The third kappa shape index (κ3) is 4.93. The molecule has 3 rings (SSSR count). The van der Waals surface area contributed by atoms with Gasteiger partial charge in [-0.05, 0) is 42.9 Å². The van der Waals surface area contributed by atoms with Gasteiger partial charge in [0.15, 0.2) is 0 Å². The predicted molar refractivity (Wildman–Crippen MR) is 107 cm³/mol. The lowest BCUT2D eigenvalue weighted by Crippen LogP contribution is -2.48. The fourth-order valence-corrected chi connectivity index (χ4v) is 3.37. The van der Waals surface area contributed by atoms with Crippen molar-refractivity contribution >= 4 is 17.5 Å². The van der Waals surface area contributed by atoms with Gasteiger partial charge in [-0.1, -0.05) is 24.6 Å². The highest BCUT2D eigenvalue weighted by atomic mass is 35.5.